The van der Waals surface area contributed by atoms with E-state index in [0.717, 1.165) is 6.08 Å². The van der Waals surface area contributed by atoms with Gasteiger partial charge < -0.3 is 10.2 Å². The van der Waals surface area contributed by atoms with Crippen LogP contribution in [0.1, 0.15) is 0 Å². The molecule has 0 atom stereocenters. The minimum atomic E-state index is -0.394. The normalized spacial score (nSPS) is 5.00. The molecule has 0 heterocycles. The molecule has 0 aliphatic rings. The van der Waals surface area contributed by atoms with E-state index < -0.39 is 5.97 Å². The number of esters is 1. The molecule has 0 fully saturated rings. The molecule has 0 aliphatic carbocycles. The zero-order valence-electron chi connectivity index (χ0n) is 5.52. The molecule has 0 rings (SSSR count). The first kappa shape index (κ1) is 15.7. The van der Waals surface area contributed by atoms with Crippen LogP contribution < -0.4 is 0 Å². The van der Waals surface area contributed by atoms with Gasteiger partial charge in [0, 0.05) is 6.08 Å². The van der Waals surface area contributed by atoms with Crippen LogP contribution in [0.15, 0.2) is 25.8 Å². The molecule has 0 amide bonds. The number of hydrogen-bond acceptors (Lipinski definition) is 2. The molecule has 3 nitrogen and oxygen atoms in total. The van der Waals surface area contributed by atoms with Crippen molar-refractivity contribution in [1.82, 2.24) is 0 Å². The average Bonchev–Trinajstić information content (AvgIpc) is 1.91. The van der Waals surface area contributed by atoms with E-state index in [1.165, 1.54) is 7.11 Å². The largest absolute Gasteiger partial charge is 0.466 e. The Kier molecular flexibility index (Phi) is 27.5. The maximum absolute atomic E-state index is 9.84. The third-order valence-corrected chi connectivity index (χ3v) is 0.368. The number of hydrogen-bond donors (Lipinski definition) is 0. The monoisotopic (exact) mass is 132 g/mol. The second kappa shape index (κ2) is 15.8. The van der Waals surface area contributed by atoms with Crippen molar-refractivity contribution in [1.29, 1.82) is 0 Å². The van der Waals surface area contributed by atoms with Crippen LogP contribution in [0.4, 0.5) is 0 Å². The summed E-state index contributed by atoms with van der Waals surface area (Å²) in [5.74, 6) is -0.394. The fraction of sp³-hybridized carbons (Fsp3) is 0.167. The molecule has 0 aromatic heterocycles. The fourth-order valence-electron chi connectivity index (χ4n) is 0.0833. The van der Waals surface area contributed by atoms with Gasteiger partial charge in [-0.2, -0.15) is 0 Å². The number of carbonyl (C=O) groups is 1. The van der Waals surface area contributed by atoms with Gasteiger partial charge in [0.05, 0.1) is 7.11 Å². The number of carbonyl (C=O) groups excluding carboxylic acids is 1. The SMILES string of the molecule is C=C.C=CC(=O)OC.O. The summed E-state index contributed by atoms with van der Waals surface area (Å²) in [5.41, 5.74) is 0. The highest BCUT2D eigenvalue weighted by Gasteiger charge is 1.81. The van der Waals surface area contributed by atoms with E-state index in [9.17, 15) is 4.79 Å². The molecule has 0 saturated carbocycles. The van der Waals surface area contributed by atoms with E-state index in [2.05, 4.69) is 24.5 Å². The van der Waals surface area contributed by atoms with E-state index in [0.29, 0.717) is 0 Å². The fourth-order valence-corrected chi connectivity index (χ4v) is 0.0833. The summed E-state index contributed by atoms with van der Waals surface area (Å²) in [5, 5.41) is 0. The maximum atomic E-state index is 9.84. The van der Waals surface area contributed by atoms with Gasteiger partial charge in [-0.1, -0.05) is 6.58 Å². The Morgan fingerprint density at radius 2 is 1.89 bits per heavy atom. The first-order chi connectivity index (χ1) is 3.81. The van der Waals surface area contributed by atoms with Gasteiger partial charge in [-0.15, -0.1) is 13.2 Å². The van der Waals surface area contributed by atoms with Crippen LogP contribution in [0.2, 0.25) is 0 Å². The van der Waals surface area contributed by atoms with Crippen LogP contribution in [0.5, 0.6) is 0 Å². The lowest BCUT2D eigenvalue weighted by Gasteiger charge is -1.83. The summed E-state index contributed by atoms with van der Waals surface area (Å²) in [4.78, 5) is 9.84. The highest BCUT2D eigenvalue weighted by Crippen LogP contribution is 1.67. The summed E-state index contributed by atoms with van der Waals surface area (Å²) < 4.78 is 4.14. The standard InChI is InChI=1S/C4H6O2.C2H4.H2O/c1-3-4(5)6-2;1-2;/h3H,1H2,2H3;1-2H2;1H2. The lowest BCUT2D eigenvalue weighted by Crippen LogP contribution is -1.91. The van der Waals surface area contributed by atoms with Gasteiger partial charge in [-0.05, 0) is 0 Å². The minimum Gasteiger partial charge on any atom is -0.466 e. The van der Waals surface area contributed by atoms with E-state index in [-0.39, 0.29) is 5.48 Å². The van der Waals surface area contributed by atoms with E-state index >= 15 is 0 Å². The molecule has 0 saturated heterocycles. The van der Waals surface area contributed by atoms with Crippen LogP contribution >= 0.6 is 0 Å². The Balaban J connectivity index is -0.000000109. The van der Waals surface area contributed by atoms with Crippen LogP contribution in [-0.2, 0) is 9.53 Å². The minimum absolute atomic E-state index is 0. The lowest BCUT2D eigenvalue weighted by molar-refractivity contribution is -0.134. The van der Waals surface area contributed by atoms with Crippen molar-refractivity contribution < 1.29 is 15.0 Å². The molecule has 9 heavy (non-hydrogen) atoms. The van der Waals surface area contributed by atoms with Crippen molar-refractivity contribution in [3.63, 3.8) is 0 Å². The summed E-state index contributed by atoms with van der Waals surface area (Å²) >= 11 is 0. The second-order valence-corrected chi connectivity index (χ2v) is 0.727. The molecule has 0 aliphatic heterocycles. The van der Waals surface area contributed by atoms with Gasteiger partial charge in [0.1, 0.15) is 0 Å². The van der Waals surface area contributed by atoms with Gasteiger partial charge in [0.2, 0.25) is 0 Å². The summed E-state index contributed by atoms with van der Waals surface area (Å²) in [6, 6.07) is 0. The smallest absolute Gasteiger partial charge is 0.329 e. The number of ether oxygens (including phenoxy) is 1. The quantitative estimate of drug-likeness (QED) is 0.293. The molecule has 54 valence electrons. The van der Waals surface area contributed by atoms with Crippen molar-refractivity contribution in [3.05, 3.63) is 25.8 Å². The van der Waals surface area contributed by atoms with Crippen molar-refractivity contribution in [2.24, 2.45) is 0 Å². The average molecular weight is 132 g/mol. The highest BCUT2D eigenvalue weighted by atomic mass is 16.5. The van der Waals surface area contributed by atoms with Crippen molar-refractivity contribution in [2.75, 3.05) is 7.11 Å². The van der Waals surface area contributed by atoms with Gasteiger partial charge in [0.25, 0.3) is 0 Å². The van der Waals surface area contributed by atoms with E-state index in [4.69, 9.17) is 0 Å². The van der Waals surface area contributed by atoms with Crippen LogP contribution in [0.25, 0.3) is 0 Å². The predicted molar refractivity (Wildman–Crippen MR) is 37.1 cm³/mol. The van der Waals surface area contributed by atoms with Crippen LogP contribution in [0.3, 0.4) is 0 Å². The van der Waals surface area contributed by atoms with Crippen LogP contribution in [-0.4, -0.2) is 18.6 Å². The molecule has 0 radical (unpaired) electrons. The van der Waals surface area contributed by atoms with Crippen molar-refractivity contribution in [3.8, 4) is 0 Å². The Bertz CT molecular complexity index is 78.4. The molecule has 0 aromatic rings. The second-order valence-electron chi connectivity index (χ2n) is 0.727. The number of rotatable bonds is 1. The molecular formula is C6H12O3. The number of methoxy groups -OCH3 is 1. The summed E-state index contributed by atoms with van der Waals surface area (Å²) in [6.07, 6.45) is 1.11. The van der Waals surface area contributed by atoms with E-state index in [1.54, 1.807) is 0 Å². The van der Waals surface area contributed by atoms with Gasteiger partial charge >= 0.3 is 5.97 Å². The molecular weight excluding hydrogens is 120 g/mol. The Labute approximate surface area is 54.9 Å². The third-order valence-electron chi connectivity index (χ3n) is 0.368. The first-order valence-electron chi connectivity index (χ1n) is 2.01. The molecule has 0 aromatic carbocycles. The van der Waals surface area contributed by atoms with Crippen molar-refractivity contribution >= 4 is 5.97 Å². The molecule has 0 unspecified atom stereocenters. The Morgan fingerprint density at radius 1 is 1.56 bits per heavy atom. The zero-order chi connectivity index (χ0) is 6.99. The molecule has 0 bridgehead atoms. The van der Waals surface area contributed by atoms with E-state index in [1.807, 2.05) is 0 Å². The highest BCUT2D eigenvalue weighted by molar-refractivity contribution is 5.80. The van der Waals surface area contributed by atoms with Gasteiger partial charge in [0.15, 0.2) is 0 Å². The molecule has 0 spiro atoms. The van der Waals surface area contributed by atoms with Crippen molar-refractivity contribution in [2.45, 2.75) is 0 Å². The summed E-state index contributed by atoms with van der Waals surface area (Å²) in [7, 11) is 1.31. The first-order valence-corrected chi connectivity index (χ1v) is 2.01. The Hall–Kier alpha value is -1.09. The maximum Gasteiger partial charge on any atom is 0.329 e. The van der Waals surface area contributed by atoms with Crippen LogP contribution in [0, 0.1) is 0 Å². The zero-order valence-corrected chi connectivity index (χ0v) is 5.52. The van der Waals surface area contributed by atoms with Gasteiger partial charge in [-0.3, -0.25) is 0 Å². The summed E-state index contributed by atoms with van der Waals surface area (Å²) in [6.45, 7) is 9.16. The lowest BCUT2D eigenvalue weighted by atomic mass is 10.7. The Morgan fingerprint density at radius 3 is 1.89 bits per heavy atom. The van der Waals surface area contributed by atoms with Gasteiger partial charge in [-0.25, -0.2) is 4.79 Å². The topological polar surface area (TPSA) is 57.8 Å². The molecule has 3 heteroatoms. The predicted octanol–water partition coefficient (Wildman–Crippen LogP) is 0.323. The molecule has 2 N–H and O–H groups in total. The third kappa shape index (κ3) is 19.7.